The van der Waals surface area contributed by atoms with E-state index in [2.05, 4.69) is 16.4 Å². The van der Waals surface area contributed by atoms with Crippen molar-refractivity contribution in [1.29, 1.82) is 10.5 Å². The number of rotatable bonds is 7. The number of methoxy groups -OCH3 is 1. The number of pyridine rings is 1. The third-order valence-corrected chi connectivity index (χ3v) is 5.81. The molecular weight excluding hydrogens is 418 g/mol. The zero-order valence-corrected chi connectivity index (χ0v) is 17.6. The quantitative estimate of drug-likeness (QED) is 0.531. The Morgan fingerprint density at radius 3 is 2.77 bits per heavy atom. The summed E-state index contributed by atoms with van der Waals surface area (Å²) in [6.07, 6.45) is 0.210. The Morgan fingerprint density at radius 1 is 1.30 bits per heavy atom. The average molecular weight is 436 g/mol. The van der Waals surface area contributed by atoms with E-state index in [-0.39, 0.29) is 29.3 Å². The van der Waals surface area contributed by atoms with Gasteiger partial charge in [-0.3, -0.25) is 4.79 Å². The molecule has 0 saturated carbocycles. The molecule has 9 heteroatoms. The highest BCUT2D eigenvalue weighted by Gasteiger charge is 2.20. The third kappa shape index (κ3) is 4.71. The van der Waals surface area contributed by atoms with E-state index >= 15 is 0 Å². The van der Waals surface area contributed by atoms with Gasteiger partial charge in [-0.2, -0.15) is 21.9 Å². The number of nitrogen functional groups attached to an aromatic ring is 1. The first-order valence-electron chi connectivity index (χ1n) is 8.80. The standard InChI is InChI=1S/C21H17N5O2S2/c1-28-15-4-2-3-14(9-15)25-18(27)6-8-30-21-17(11-23)19(13-5-7-29-12-13)16(10-22)20(24)26-21/h2-5,7,9,12H,6,8H2,1H3,(H2,24,26)(H,25,27). The highest BCUT2D eigenvalue weighted by molar-refractivity contribution is 7.99. The number of thioether (sulfide) groups is 1. The molecule has 3 N–H and O–H groups in total. The smallest absolute Gasteiger partial charge is 0.225 e. The number of anilines is 2. The number of amides is 1. The molecule has 0 saturated heterocycles. The van der Waals surface area contributed by atoms with Crippen molar-refractivity contribution in [2.45, 2.75) is 11.4 Å². The number of nitrogens with zero attached hydrogens (tertiary/aromatic N) is 3. The number of hydrogen-bond donors (Lipinski definition) is 2. The van der Waals surface area contributed by atoms with Crippen LogP contribution in [0.1, 0.15) is 17.5 Å². The van der Waals surface area contributed by atoms with Crippen molar-refractivity contribution in [2.24, 2.45) is 0 Å². The van der Waals surface area contributed by atoms with Crippen LogP contribution in [-0.2, 0) is 4.79 Å². The van der Waals surface area contributed by atoms with Crippen LogP contribution >= 0.6 is 23.1 Å². The summed E-state index contributed by atoms with van der Waals surface area (Å²) in [4.78, 5) is 16.5. The second-order valence-corrected chi connectivity index (χ2v) is 7.91. The third-order valence-electron chi connectivity index (χ3n) is 4.15. The summed E-state index contributed by atoms with van der Waals surface area (Å²) in [5.41, 5.74) is 8.33. The number of ether oxygens (including phenoxy) is 1. The van der Waals surface area contributed by atoms with Crippen molar-refractivity contribution >= 4 is 40.5 Å². The molecule has 3 rings (SSSR count). The Labute approximate surface area is 182 Å². The monoisotopic (exact) mass is 435 g/mol. The number of nitriles is 2. The molecule has 2 heterocycles. The minimum Gasteiger partial charge on any atom is -0.497 e. The Morgan fingerprint density at radius 2 is 2.10 bits per heavy atom. The second kappa shape index (κ2) is 9.79. The zero-order chi connectivity index (χ0) is 21.5. The maximum atomic E-state index is 12.3. The molecule has 0 spiro atoms. The van der Waals surface area contributed by atoms with Crippen molar-refractivity contribution in [1.82, 2.24) is 4.98 Å². The van der Waals surface area contributed by atoms with Gasteiger partial charge in [0.1, 0.15) is 34.3 Å². The Kier molecular flexibility index (Phi) is 6.91. The van der Waals surface area contributed by atoms with E-state index in [0.29, 0.717) is 27.8 Å². The molecule has 3 aromatic rings. The second-order valence-electron chi connectivity index (χ2n) is 6.04. The fraction of sp³-hybridized carbons (Fsp3) is 0.143. The average Bonchev–Trinajstić information content (AvgIpc) is 3.28. The summed E-state index contributed by atoms with van der Waals surface area (Å²) < 4.78 is 5.14. The zero-order valence-electron chi connectivity index (χ0n) is 16.0. The molecule has 1 amide bonds. The van der Waals surface area contributed by atoms with Gasteiger partial charge in [-0.25, -0.2) is 4.98 Å². The predicted octanol–water partition coefficient (Wildman–Crippen LogP) is 4.27. The first-order valence-corrected chi connectivity index (χ1v) is 10.7. The summed E-state index contributed by atoms with van der Waals surface area (Å²) in [6, 6.07) is 13.1. The lowest BCUT2D eigenvalue weighted by Gasteiger charge is -2.12. The molecular formula is C21H17N5O2S2. The molecule has 0 unspecified atom stereocenters. The van der Waals surface area contributed by atoms with E-state index < -0.39 is 0 Å². The molecule has 7 nitrogen and oxygen atoms in total. The van der Waals surface area contributed by atoms with Gasteiger partial charge in [0, 0.05) is 29.5 Å². The van der Waals surface area contributed by atoms with Crippen LogP contribution in [-0.4, -0.2) is 23.8 Å². The highest BCUT2D eigenvalue weighted by atomic mass is 32.2. The van der Waals surface area contributed by atoms with Crippen LogP contribution in [0.2, 0.25) is 0 Å². The van der Waals surface area contributed by atoms with Crippen LogP contribution in [0.5, 0.6) is 5.75 Å². The molecule has 1 aromatic carbocycles. The van der Waals surface area contributed by atoms with Gasteiger partial charge in [0.05, 0.1) is 12.7 Å². The van der Waals surface area contributed by atoms with Gasteiger partial charge in [-0.05, 0) is 34.5 Å². The summed E-state index contributed by atoms with van der Waals surface area (Å²) in [5.74, 6) is 0.945. The van der Waals surface area contributed by atoms with Gasteiger partial charge in [0.2, 0.25) is 5.91 Å². The van der Waals surface area contributed by atoms with Gasteiger partial charge in [-0.15, -0.1) is 11.8 Å². The number of thiophene rings is 1. The van der Waals surface area contributed by atoms with Crippen molar-refractivity contribution in [2.75, 3.05) is 23.9 Å². The molecule has 30 heavy (non-hydrogen) atoms. The van der Waals surface area contributed by atoms with Crippen LogP contribution in [0.25, 0.3) is 11.1 Å². The first kappa shape index (κ1) is 21.2. The van der Waals surface area contributed by atoms with E-state index in [1.165, 1.54) is 23.1 Å². The van der Waals surface area contributed by atoms with Gasteiger partial charge >= 0.3 is 0 Å². The lowest BCUT2D eigenvalue weighted by atomic mass is 9.99. The van der Waals surface area contributed by atoms with Gasteiger partial charge in [0.15, 0.2) is 0 Å². The van der Waals surface area contributed by atoms with E-state index in [0.717, 1.165) is 5.56 Å². The Balaban J connectivity index is 1.75. The fourth-order valence-corrected chi connectivity index (χ4v) is 4.35. The summed E-state index contributed by atoms with van der Waals surface area (Å²) in [6.45, 7) is 0. The molecule has 0 aliphatic rings. The largest absolute Gasteiger partial charge is 0.497 e. The van der Waals surface area contributed by atoms with E-state index in [1.54, 1.807) is 31.4 Å². The molecule has 0 atom stereocenters. The van der Waals surface area contributed by atoms with Gasteiger partial charge in [-0.1, -0.05) is 6.07 Å². The van der Waals surface area contributed by atoms with Crippen LogP contribution in [0.4, 0.5) is 11.5 Å². The maximum absolute atomic E-state index is 12.3. The number of aromatic nitrogens is 1. The molecule has 0 aliphatic carbocycles. The number of nitrogens with one attached hydrogen (secondary N) is 1. The minimum atomic E-state index is -0.172. The molecule has 0 aliphatic heterocycles. The lowest BCUT2D eigenvalue weighted by molar-refractivity contribution is -0.115. The first-order chi connectivity index (χ1) is 14.6. The van der Waals surface area contributed by atoms with Gasteiger partial charge < -0.3 is 15.8 Å². The van der Waals surface area contributed by atoms with Gasteiger partial charge in [0.25, 0.3) is 0 Å². The predicted molar refractivity (Wildman–Crippen MR) is 118 cm³/mol. The highest BCUT2D eigenvalue weighted by Crippen LogP contribution is 2.36. The summed E-state index contributed by atoms with van der Waals surface area (Å²) in [7, 11) is 1.56. The topological polar surface area (TPSA) is 125 Å². The van der Waals surface area contributed by atoms with E-state index in [4.69, 9.17) is 10.5 Å². The van der Waals surface area contributed by atoms with Crippen molar-refractivity contribution < 1.29 is 9.53 Å². The number of hydrogen-bond acceptors (Lipinski definition) is 8. The Bertz CT molecular complexity index is 1150. The molecule has 0 fully saturated rings. The molecule has 0 radical (unpaired) electrons. The van der Waals surface area contributed by atoms with E-state index in [9.17, 15) is 15.3 Å². The van der Waals surface area contributed by atoms with Crippen molar-refractivity contribution in [3.8, 4) is 29.0 Å². The fourth-order valence-electron chi connectivity index (χ4n) is 2.76. The normalized spacial score (nSPS) is 10.1. The lowest BCUT2D eigenvalue weighted by Crippen LogP contribution is -2.12. The van der Waals surface area contributed by atoms with Crippen LogP contribution in [0.3, 0.4) is 0 Å². The van der Waals surface area contributed by atoms with E-state index in [1.807, 2.05) is 22.9 Å². The van der Waals surface area contributed by atoms with Crippen molar-refractivity contribution in [3.63, 3.8) is 0 Å². The SMILES string of the molecule is COc1cccc(NC(=O)CCSc2nc(N)c(C#N)c(-c3ccsc3)c2C#N)c1. The molecule has 150 valence electrons. The van der Waals surface area contributed by atoms with Crippen LogP contribution in [0.15, 0.2) is 46.1 Å². The summed E-state index contributed by atoms with van der Waals surface area (Å²) in [5, 5.41) is 26.1. The van der Waals surface area contributed by atoms with Crippen LogP contribution < -0.4 is 15.8 Å². The summed E-state index contributed by atoms with van der Waals surface area (Å²) >= 11 is 2.72. The number of carbonyl (C=O) groups is 1. The number of carbonyl (C=O) groups excluding carboxylic acids is 1. The van der Waals surface area contributed by atoms with Crippen LogP contribution in [0, 0.1) is 22.7 Å². The Hall–Kier alpha value is -3.53. The number of nitrogens with two attached hydrogens (primary N) is 1. The van der Waals surface area contributed by atoms with Crippen molar-refractivity contribution in [3.05, 3.63) is 52.2 Å². The molecule has 2 aromatic heterocycles. The number of benzene rings is 1. The maximum Gasteiger partial charge on any atom is 0.225 e. The minimum absolute atomic E-state index is 0.0704. The molecule has 0 bridgehead atoms.